The van der Waals surface area contributed by atoms with Gasteiger partial charge in [0.15, 0.2) is 11.3 Å². The number of nitrogens with one attached hydrogen (secondary N) is 1. The lowest BCUT2D eigenvalue weighted by atomic mass is 9.87. The maximum atomic E-state index is 12.5. The van der Waals surface area contributed by atoms with E-state index in [1.54, 1.807) is 53.9 Å². The van der Waals surface area contributed by atoms with Crippen molar-refractivity contribution in [1.29, 1.82) is 0 Å². The summed E-state index contributed by atoms with van der Waals surface area (Å²) in [6, 6.07) is 8.74. The molecule has 4 heterocycles. The highest BCUT2D eigenvalue weighted by Crippen LogP contribution is 2.32. The highest BCUT2D eigenvalue weighted by Gasteiger charge is 2.45. The number of hydrogen-bond donors (Lipinski definition) is 2. The third kappa shape index (κ3) is 2.59. The molecule has 1 amide bonds. The molecule has 8 nitrogen and oxygen atoms in total. The van der Waals surface area contributed by atoms with Crippen molar-refractivity contribution in [3.63, 3.8) is 0 Å². The molecule has 1 aliphatic rings. The van der Waals surface area contributed by atoms with Crippen LogP contribution >= 0.6 is 0 Å². The monoisotopic (exact) mass is 354 g/mol. The molecule has 0 spiro atoms. The first-order valence-corrected chi connectivity index (χ1v) is 8.36. The number of H-pyrrole nitrogens is 1. The zero-order valence-electron chi connectivity index (χ0n) is 14.0. The van der Waals surface area contributed by atoms with Crippen molar-refractivity contribution in [3.05, 3.63) is 54.7 Å². The van der Waals surface area contributed by atoms with Gasteiger partial charge in [-0.1, -0.05) is 0 Å². The third-order valence-electron chi connectivity index (χ3n) is 4.91. The Balaban J connectivity index is 1.56. The Morgan fingerprint density at radius 3 is 2.62 bits per heavy atom. The first-order chi connectivity index (χ1) is 12.6. The van der Waals surface area contributed by atoms with Crippen molar-refractivity contribution >= 4 is 11.9 Å². The van der Waals surface area contributed by atoms with Gasteiger partial charge >= 0.3 is 5.97 Å². The van der Waals surface area contributed by atoms with Crippen LogP contribution in [0.4, 0.5) is 0 Å². The quantitative estimate of drug-likeness (QED) is 0.747. The molecule has 4 rings (SSSR count). The SMILES string of the molecule is O=C(c1ccc[nH]1)N1CCC(C(=O)O)(n2ccc(-c3ccco3)n2)CC1. The van der Waals surface area contributed by atoms with Crippen LogP contribution in [0, 0.1) is 0 Å². The first kappa shape index (κ1) is 16.2. The summed E-state index contributed by atoms with van der Waals surface area (Å²) < 4.78 is 6.81. The molecule has 0 bridgehead atoms. The number of carboxylic acid groups (broad SMARTS) is 1. The predicted molar refractivity (Wildman–Crippen MR) is 91.5 cm³/mol. The Hall–Kier alpha value is -3.29. The van der Waals surface area contributed by atoms with Crippen LogP contribution in [0.25, 0.3) is 11.5 Å². The molecular formula is C18H18N4O4. The van der Waals surface area contributed by atoms with Gasteiger partial charge in [0.2, 0.25) is 0 Å². The number of carbonyl (C=O) groups excluding carboxylic acids is 1. The van der Waals surface area contributed by atoms with E-state index in [9.17, 15) is 14.7 Å². The Labute approximate surface area is 149 Å². The molecule has 3 aromatic rings. The summed E-state index contributed by atoms with van der Waals surface area (Å²) in [4.78, 5) is 29.1. The molecular weight excluding hydrogens is 336 g/mol. The maximum absolute atomic E-state index is 12.5. The fourth-order valence-electron chi connectivity index (χ4n) is 3.37. The molecule has 1 fully saturated rings. The highest BCUT2D eigenvalue weighted by atomic mass is 16.4. The van der Waals surface area contributed by atoms with Crippen LogP contribution in [0.15, 0.2) is 53.4 Å². The van der Waals surface area contributed by atoms with Gasteiger partial charge in [-0.25, -0.2) is 4.79 Å². The normalized spacial score (nSPS) is 16.5. The Bertz CT molecular complexity index is 903. The number of carboxylic acids is 1. The second-order valence-electron chi connectivity index (χ2n) is 6.34. The van der Waals surface area contributed by atoms with Gasteiger partial charge in [0.25, 0.3) is 5.91 Å². The van der Waals surface area contributed by atoms with E-state index in [0.29, 0.717) is 30.2 Å². The Kier molecular flexibility index (Phi) is 3.87. The smallest absolute Gasteiger partial charge is 0.331 e. The number of nitrogens with zero attached hydrogens (tertiary/aromatic N) is 3. The minimum Gasteiger partial charge on any atom is -0.479 e. The fourth-order valence-corrected chi connectivity index (χ4v) is 3.37. The van der Waals surface area contributed by atoms with Gasteiger partial charge in [0.1, 0.15) is 11.4 Å². The molecule has 26 heavy (non-hydrogen) atoms. The topological polar surface area (TPSA) is 104 Å². The van der Waals surface area contributed by atoms with E-state index >= 15 is 0 Å². The molecule has 0 aromatic carbocycles. The lowest BCUT2D eigenvalue weighted by Gasteiger charge is -2.38. The Morgan fingerprint density at radius 1 is 1.19 bits per heavy atom. The van der Waals surface area contributed by atoms with Crippen LogP contribution in [0.5, 0.6) is 0 Å². The minimum atomic E-state index is -1.17. The molecule has 3 aromatic heterocycles. The second kappa shape index (κ2) is 6.21. The minimum absolute atomic E-state index is 0.120. The highest BCUT2D eigenvalue weighted by molar-refractivity contribution is 5.92. The van der Waals surface area contributed by atoms with Crippen molar-refractivity contribution in [2.24, 2.45) is 0 Å². The number of aromatic nitrogens is 3. The van der Waals surface area contributed by atoms with E-state index in [4.69, 9.17) is 4.42 Å². The van der Waals surface area contributed by atoms with Gasteiger partial charge < -0.3 is 19.4 Å². The number of rotatable bonds is 4. The van der Waals surface area contributed by atoms with E-state index in [-0.39, 0.29) is 18.7 Å². The van der Waals surface area contributed by atoms with Crippen molar-refractivity contribution < 1.29 is 19.1 Å². The van der Waals surface area contributed by atoms with Gasteiger partial charge in [-0.3, -0.25) is 9.48 Å². The maximum Gasteiger partial charge on any atom is 0.331 e. The van der Waals surface area contributed by atoms with Crippen LogP contribution in [-0.4, -0.2) is 49.7 Å². The summed E-state index contributed by atoms with van der Waals surface area (Å²) >= 11 is 0. The zero-order valence-corrected chi connectivity index (χ0v) is 14.0. The van der Waals surface area contributed by atoms with Crippen molar-refractivity contribution in [1.82, 2.24) is 19.7 Å². The van der Waals surface area contributed by atoms with Crippen molar-refractivity contribution in [3.8, 4) is 11.5 Å². The van der Waals surface area contributed by atoms with Gasteiger partial charge in [-0.2, -0.15) is 5.10 Å². The molecule has 2 N–H and O–H groups in total. The summed E-state index contributed by atoms with van der Waals surface area (Å²) in [6.07, 6.45) is 5.47. The number of likely N-dealkylation sites (tertiary alicyclic amines) is 1. The molecule has 0 unspecified atom stereocenters. The standard InChI is InChI=1S/C18H18N4O4/c23-16(14-3-1-8-19-14)21-10-6-18(7-11-21,17(24)25)22-9-5-13(20-22)15-4-2-12-26-15/h1-5,8-9,12,19H,6-7,10-11H2,(H,24,25). The molecule has 8 heteroatoms. The van der Waals surface area contributed by atoms with Gasteiger partial charge in [-0.15, -0.1) is 0 Å². The fraction of sp³-hybridized carbons (Fsp3) is 0.278. The number of piperidine rings is 1. The van der Waals surface area contributed by atoms with E-state index in [0.717, 1.165) is 0 Å². The van der Waals surface area contributed by atoms with Crippen molar-refractivity contribution in [2.75, 3.05) is 13.1 Å². The molecule has 1 aliphatic heterocycles. The number of amides is 1. The second-order valence-corrected chi connectivity index (χ2v) is 6.34. The summed E-state index contributed by atoms with van der Waals surface area (Å²) in [5, 5.41) is 14.3. The molecule has 1 saturated heterocycles. The number of furan rings is 1. The van der Waals surface area contributed by atoms with E-state index in [1.165, 1.54) is 4.68 Å². The molecule has 0 saturated carbocycles. The number of aromatic amines is 1. The average molecular weight is 354 g/mol. The lowest BCUT2D eigenvalue weighted by Crippen LogP contribution is -2.52. The number of aliphatic carboxylic acids is 1. The molecule has 0 aliphatic carbocycles. The van der Waals surface area contributed by atoms with Crippen molar-refractivity contribution in [2.45, 2.75) is 18.4 Å². The van der Waals surface area contributed by atoms with Gasteiger partial charge in [0.05, 0.1) is 6.26 Å². The van der Waals surface area contributed by atoms with Gasteiger partial charge in [-0.05, 0) is 30.3 Å². The zero-order chi connectivity index (χ0) is 18.1. The van der Waals surface area contributed by atoms with Crippen LogP contribution in [0.2, 0.25) is 0 Å². The molecule has 0 atom stereocenters. The average Bonchev–Trinajstić information content (AvgIpc) is 3.43. The molecule has 134 valence electrons. The third-order valence-corrected chi connectivity index (χ3v) is 4.91. The lowest BCUT2D eigenvalue weighted by molar-refractivity contribution is -0.150. The van der Waals surface area contributed by atoms with Crippen LogP contribution in [-0.2, 0) is 10.3 Å². The van der Waals surface area contributed by atoms with Crippen LogP contribution in [0.1, 0.15) is 23.3 Å². The van der Waals surface area contributed by atoms with E-state index in [2.05, 4.69) is 10.1 Å². The first-order valence-electron chi connectivity index (χ1n) is 8.36. The van der Waals surface area contributed by atoms with E-state index < -0.39 is 11.5 Å². The van der Waals surface area contributed by atoms with Gasteiger partial charge in [0, 0.05) is 38.3 Å². The van der Waals surface area contributed by atoms with E-state index in [1.807, 2.05) is 0 Å². The largest absolute Gasteiger partial charge is 0.479 e. The summed E-state index contributed by atoms with van der Waals surface area (Å²) in [5.74, 6) is -0.479. The summed E-state index contributed by atoms with van der Waals surface area (Å²) in [7, 11) is 0. The summed E-state index contributed by atoms with van der Waals surface area (Å²) in [6.45, 7) is 0.695. The van der Waals surface area contributed by atoms with Crippen LogP contribution < -0.4 is 0 Å². The van der Waals surface area contributed by atoms with Crippen LogP contribution in [0.3, 0.4) is 0 Å². The molecule has 0 radical (unpaired) electrons. The number of hydrogen-bond acceptors (Lipinski definition) is 4. The Morgan fingerprint density at radius 2 is 2.00 bits per heavy atom. The predicted octanol–water partition coefficient (Wildman–Crippen LogP) is 2.19. The number of carbonyl (C=O) groups is 2. The summed E-state index contributed by atoms with van der Waals surface area (Å²) in [5.41, 5.74) is -0.0790.